The van der Waals surface area contributed by atoms with Crippen LogP contribution in [0.15, 0.2) is 48.5 Å². The van der Waals surface area contributed by atoms with Crippen LogP contribution in [0.4, 0.5) is 13.2 Å². The van der Waals surface area contributed by atoms with E-state index in [1.807, 2.05) is 4.72 Å². The monoisotopic (exact) mass is 484 g/mol. The Morgan fingerprint density at radius 3 is 2.39 bits per heavy atom. The minimum atomic E-state index is -4.07. The summed E-state index contributed by atoms with van der Waals surface area (Å²) in [5.74, 6) is -5.71. The van der Waals surface area contributed by atoms with Gasteiger partial charge >= 0.3 is 0 Å². The zero-order valence-corrected chi connectivity index (χ0v) is 19.4. The largest absolute Gasteiger partial charge is 0.381 e. The summed E-state index contributed by atoms with van der Waals surface area (Å²) in [4.78, 5) is 13.5. The lowest BCUT2D eigenvalue weighted by Crippen LogP contribution is -2.54. The van der Waals surface area contributed by atoms with Gasteiger partial charge in [0.15, 0.2) is 0 Å². The molecule has 0 bridgehead atoms. The predicted octanol–water partition coefficient (Wildman–Crippen LogP) is 2.96. The number of hydrogen-bond acceptors (Lipinski definition) is 4. The number of carbonyl (C=O) groups excluding carboxylic acids is 1. The van der Waals surface area contributed by atoms with Gasteiger partial charge in [0.1, 0.15) is 17.5 Å². The molecule has 2 aromatic carbocycles. The van der Waals surface area contributed by atoms with Crippen molar-refractivity contribution < 1.29 is 31.5 Å². The van der Waals surface area contributed by atoms with Gasteiger partial charge in [-0.1, -0.05) is 48.5 Å². The molecule has 0 radical (unpaired) electrons. The fourth-order valence-electron chi connectivity index (χ4n) is 3.95. The highest BCUT2D eigenvalue weighted by molar-refractivity contribution is 7.89. The zero-order valence-electron chi connectivity index (χ0n) is 18.6. The van der Waals surface area contributed by atoms with Gasteiger partial charge in [0.05, 0.1) is 18.3 Å². The fraction of sp³-hybridized carbons (Fsp3) is 0.435. The molecule has 2 N–H and O–H groups in total. The predicted molar refractivity (Wildman–Crippen MR) is 119 cm³/mol. The fourth-order valence-corrected chi connectivity index (χ4v) is 4.83. The van der Waals surface area contributed by atoms with Gasteiger partial charge in [-0.3, -0.25) is 4.79 Å². The molecular weight excluding hydrogens is 457 g/mol. The van der Waals surface area contributed by atoms with Crippen LogP contribution in [0.25, 0.3) is 11.1 Å². The number of sulfonamides is 1. The number of hydrogen-bond donors (Lipinski definition) is 2. The number of halogens is 3. The molecular formula is C23H27F3N2O4S. The average molecular weight is 485 g/mol. The number of benzene rings is 2. The summed E-state index contributed by atoms with van der Waals surface area (Å²) >= 11 is 0. The van der Waals surface area contributed by atoms with Crippen LogP contribution in [0.5, 0.6) is 0 Å². The van der Waals surface area contributed by atoms with Gasteiger partial charge in [-0.25, -0.2) is 26.3 Å². The number of amides is 1. The second-order valence-electron chi connectivity index (χ2n) is 8.67. The van der Waals surface area contributed by atoms with Crippen molar-refractivity contribution in [3.8, 4) is 11.1 Å². The smallest absolute Gasteiger partial charge is 0.283 e. The van der Waals surface area contributed by atoms with Crippen LogP contribution in [0.2, 0.25) is 0 Å². The molecule has 0 saturated carbocycles. The molecule has 33 heavy (non-hydrogen) atoms. The van der Waals surface area contributed by atoms with Crippen LogP contribution >= 0.6 is 0 Å². The SMILES string of the molecule is CCS(=O)(=O)N[C@@H]1[C@H](Cc2cccc(-c3ccccc3)c2F)N(C(=O)C(C)(C)O)CC1(F)F. The first-order valence-electron chi connectivity index (χ1n) is 10.5. The summed E-state index contributed by atoms with van der Waals surface area (Å²) in [6, 6.07) is 9.79. The van der Waals surface area contributed by atoms with E-state index in [-0.39, 0.29) is 17.5 Å². The maximum Gasteiger partial charge on any atom is 0.283 e. The second kappa shape index (κ2) is 9.08. The van der Waals surface area contributed by atoms with Crippen molar-refractivity contribution >= 4 is 15.9 Å². The van der Waals surface area contributed by atoms with Gasteiger partial charge < -0.3 is 10.0 Å². The maximum atomic E-state index is 15.4. The Morgan fingerprint density at radius 2 is 1.82 bits per heavy atom. The quantitative estimate of drug-likeness (QED) is 0.633. The summed E-state index contributed by atoms with van der Waals surface area (Å²) in [7, 11) is -4.07. The Kier molecular flexibility index (Phi) is 6.93. The molecule has 3 rings (SSSR count). The van der Waals surface area contributed by atoms with E-state index in [1.54, 1.807) is 42.5 Å². The molecule has 2 atom stereocenters. The summed E-state index contributed by atoms with van der Waals surface area (Å²) in [6.45, 7) is 2.51. The molecule has 1 aliphatic heterocycles. The van der Waals surface area contributed by atoms with E-state index in [2.05, 4.69) is 0 Å². The van der Waals surface area contributed by atoms with Gasteiger partial charge in [-0.2, -0.15) is 0 Å². The molecule has 2 aromatic rings. The third-order valence-electron chi connectivity index (χ3n) is 5.68. The lowest BCUT2D eigenvalue weighted by Gasteiger charge is -2.32. The van der Waals surface area contributed by atoms with Gasteiger partial charge in [-0.15, -0.1) is 0 Å². The van der Waals surface area contributed by atoms with Crippen LogP contribution in [0.3, 0.4) is 0 Å². The molecule has 0 aromatic heterocycles. The Hall–Kier alpha value is -2.43. The maximum absolute atomic E-state index is 15.4. The number of carbonyl (C=O) groups is 1. The van der Waals surface area contributed by atoms with Crippen LogP contribution in [0.1, 0.15) is 26.3 Å². The Morgan fingerprint density at radius 1 is 1.18 bits per heavy atom. The molecule has 1 amide bonds. The van der Waals surface area contributed by atoms with Crippen molar-refractivity contribution in [2.75, 3.05) is 12.3 Å². The Bertz CT molecular complexity index is 1120. The van der Waals surface area contributed by atoms with Gasteiger partial charge in [0.25, 0.3) is 11.8 Å². The van der Waals surface area contributed by atoms with Crippen molar-refractivity contribution in [1.82, 2.24) is 9.62 Å². The molecule has 180 valence electrons. The number of likely N-dealkylation sites (tertiary alicyclic amines) is 1. The third kappa shape index (κ3) is 5.39. The molecule has 0 aliphatic carbocycles. The van der Waals surface area contributed by atoms with Gasteiger partial charge in [0.2, 0.25) is 10.0 Å². The zero-order chi connectivity index (χ0) is 24.6. The first kappa shape index (κ1) is 25.2. The first-order chi connectivity index (χ1) is 15.3. The lowest BCUT2D eigenvalue weighted by molar-refractivity contribution is -0.149. The standard InChI is InChI=1S/C23H27F3N2O4S/c1-4-33(31,32)27-20-18(28(14-23(20,25)26)21(29)22(2,3)30)13-16-11-8-12-17(19(16)24)15-9-6-5-7-10-15/h5-12,18,20,27,30H,4,13-14H2,1-3H3/t18-,20+/m0/s1. The number of aliphatic hydroxyl groups is 1. The van der Waals surface area contributed by atoms with E-state index in [1.165, 1.54) is 13.0 Å². The van der Waals surface area contributed by atoms with E-state index in [9.17, 15) is 27.1 Å². The molecule has 0 unspecified atom stereocenters. The summed E-state index contributed by atoms with van der Waals surface area (Å²) < 4.78 is 71.7. The third-order valence-corrected chi connectivity index (χ3v) is 7.06. The Balaban J connectivity index is 2.06. The lowest BCUT2D eigenvalue weighted by atomic mass is 9.95. The van der Waals surface area contributed by atoms with Crippen LogP contribution in [-0.2, 0) is 21.2 Å². The summed E-state index contributed by atoms with van der Waals surface area (Å²) in [5.41, 5.74) is -1.09. The van der Waals surface area contributed by atoms with Gasteiger partial charge in [-0.05, 0) is 38.3 Å². The molecule has 1 saturated heterocycles. The van der Waals surface area contributed by atoms with E-state index >= 15 is 4.39 Å². The molecule has 1 heterocycles. The molecule has 6 nitrogen and oxygen atoms in total. The number of nitrogens with one attached hydrogen (secondary N) is 1. The topological polar surface area (TPSA) is 86.7 Å². The van der Waals surface area contributed by atoms with Crippen molar-refractivity contribution in [2.45, 2.75) is 50.8 Å². The Labute approximate surface area is 191 Å². The van der Waals surface area contributed by atoms with Crippen molar-refractivity contribution in [2.24, 2.45) is 0 Å². The van der Waals surface area contributed by atoms with Crippen molar-refractivity contribution in [1.29, 1.82) is 0 Å². The highest BCUT2D eigenvalue weighted by atomic mass is 32.2. The highest BCUT2D eigenvalue weighted by Crippen LogP contribution is 2.37. The number of rotatable bonds is 7. The molecule has 1 aliphatic rings. The highest BCUT2D eigenvalue weighted by Gasteiger charge is 2.58. The van der Waals surface area contributed by atoms with Crippen molar-refractivity contribution in [3.05, 3.63) is 59.9 Å². The minimum absolute atomic E-state index is 0.0493. The number of alkyl halides is 2. The molecule has 0 spiro atoms. The normalized spacial score (nSPS) is 20.8. The van der Waals surface area contributed by atoms with Crippen LogP contribution in [0, 0.1) is 5.82 Å². The first-order valence-corrected chi connectivity index (χ1v) is 12.2. The van der Waals surface area contributed by atoms with Crippen molar-refractivity contribution in [3.63, 3.8) is 0 Å². The van der Waals surface area contributed by atoms with E-state index in [0.717, 1.165) is 18.7 Å². The van der Waals surface area contributed by atoms with E-state index in [4.69, 9.17) is 0 Å². The molecule has 1 fully saturated rings. The minimum Gasteiger partial charge on any atom is -0.381 e. The average Bonchev–Trinajstić information content (AvgIpc) is 2.98. The van der Waals surface area contributed by atoms with Gasteiger partial charge in [0, 0.05) is 5.56 Å². The van der Waals surface area contributed by atoms with Crippen LogP contribution < -0.4 is 4.72 Å². The van der Waals surface area contributed by atoms with Crippen LogP contribution in [-0.4, -0.2) is 60.2 Å². The number of nitrogens with zero attached hydrogens (tertiary/aromatic N) is 1. The van der Waals surface area contributed by atoms with E-state index < -0.39 is 57.7 Å². The summed E-state index contributed by atoms with van der Waals surface area (Å²) in [5, 5.41) is 10.2. The summed E-state index contributed by atoms with van der Waals surface area (Å²) in [6.07, 6.45) is -0.374. The molecule has 10 heteroatoms. The van der Waals surface area contributed by atoms with E-state index in [0.29, 0.717) is 5.56 Å². The second-order valence-corrected chi connectivity index (χ2v) is 10.7.